The third-order valence-corrected chi connectivity index (χ3v) is 5.95. The number of carbonyl (C=O) groups excluding carboxylic acids is 1. The van der Waals surface area contributed by atoms with Gasteiger partial charge in [0.15, 0.2) is 0 Å². The molecule has 1 aliphatic rings. The number of aryl methyl sites for hydroxylation is 1. The Labute approximate surface area is 164 Å². The van der Waals surface area contributed by atoms with Gasteiger partial charge in [0.1, 0.15) is 0 Å². The van der Waals surface area contributed by atoms with Gasteiger partial charge in [-0.3, -0.25) is 9.59 Å². The van der Waals surface area contributed by atoms with Gasteiger partial charge in [-0.05, 0) is 54.0 Å². The van der Waals surface area contributed by atoms with Crippen molar-refractivity contribution in [2.75, 3.05) is 13.1 Å². The summed E-state index contributed by atoms with van der Waals surface area (Å²) in [5, 5.41) is 11.0. The number of piperidine rings is 1. The highest BCUT2D eigenvalue weighted by atomic mass is 16.4. The first-order valence-electron chi connectivity index (χ1n) is 9.71. The monoisotopic (exact) mass is 376 g/mol. The SMILES string of the molecule is O=C(CCc1ccc2[nH]ccc2c1)N1CCC(C(=O)O)(c2ccccc2)CC1. The highest BCUT2D eigenvalue weighted by Gasteiger charge is 2.43. The Hall–Kier alpha value is -3.08. The van der Waals surface area contributed by atoms with Crippen molar-refractivity contribution in [3.63, 3.8) is 0 Å². The predicted octanol–water partition coefficient (Wildman–Crippen LogP) is 3.75. The molecule has 2 aromatic carbocycles. The molecule has 5 heteroatoms. The summed E-state index contributed by atoms with van der Waals surface area (Å²) in [5.74, 6) is -0.702. The van der Waals surface area contributed by atoms with Crippen LogP contribution in [0.4, 0.5) is 0 Å². The molecular formula is C23H24N2O3. The summed E-state index contributed by atoms with van der Waals surface area (Å²) >= 11 is 0. The molecule has 1 aromatic heterocycles. The molecule has 144 valence electrons. The number of rotatable bonds is 5. The zero-order chi connectivity index (χ0) is 19.6. The quantitative estimate of drug-likeness (QED) is 0.712. The molecule has 2 heterocycles. The normalized spacial score (nSPS) is 16.2. The molecule has 5 nitrogen and oxygen atoms in total. The minimum atomic E-state index is -0.892. The minimum absolute atomic E-state index is 0.0983. The number of aromatic nitrogens is 1. The number of benzene rings is 2. The molecule has 1 amide bonds. The maximum atomic E-state index is 12.7. The fourth-order valence-electron chi connectivity index (χ4n) is 4.19. The van der Waals surface area contributed by atoms with Crippen molar-refractivity contribution in [3.8, 4) is 0 Å². The summed E-state index contributed by atoms with van der Waals surface area (Å²) in [4.78, 5) is 29.7. The number of hydrogen-bond donors (Lipinski definition) is 2. The zero-order valence-electron chi connectivity index (χ0n) is 15.7. The molecule has 0 aliphatic carbocycles. The van der Waals surface area contributed by atoms with Crippen molar-refractivity contribution in [2.45, 2.75) is 31.1 Å². The Morgan fingerprint density at radius 3 is 2.50 bits per heavy atom. The molecule has 0 spiro atoms. The molecule has 28 heavy (non-hydrogen) atoms. The van der Waals surface area contributed by atoms with E-state index in [9.17, 15) is 14.7 Å². The van der Waals surface area contributed by atoms with Crippen LogP contribution in [0.1, 0.15) is 30.4 Å². The van der Waals surface area contributed by atoms with E-state index >= 15 is 0 Å². The van der Waals surface area contributed by atoms with Gasteiger partial charge >= 0.3 is 5.97 Å². The lowest BCUT2D eigenvalue weighted by Gasteiger charge is -2.39. The zero-order valence-corrected chi connectivity index (χ0v) is 15.7. The minimum Gasteiger partial charge on any atom is -0.481 e. The van der Waals surface area contributed by atoms with Crippen LogP contribution in [0.25, 0.3) is 10.9 Å². The Morgan fingerprint density at radius 2 is 1.79 bits per heavy atom. The summed E-state index contributed by atoms with van der Waals surface area (Å²) in [6, 6.07) is 17.6. The Morgan fingerprint density at radius 1 is 1.04 bits per heavy atom. The lowest BCUT2D eigenvalue weighted by atomic mass is 9.73. The molecule has 0 saturated carbocycles. The molecule has 3 aromatic rings. The van der Waals surface area contributed by atoms with E-state index < -0.39 is 11.4 Å². The molecule has 1 fully saturated rings. The smallest absolute Gasteiger partial charge is 0.314 e. The molecule has 0 atom stereocenters. The molecular weight excluding hydrogens is 352 g/mol. The molecule has 2 N–H and O–H groups in total. The van der Waals surface area contributed by atoms with Crippen LogP contribution < -0.4 is 0 Å². The second kappa shape index (κ2) is 7.50. The average molecular weight is 376 g/mol. The van der Waals surface area contributed by atoms with Gasteiger partial charge in [-0.1, -0.05) is 36.4 Å². The number of carboxylic acids is 1. The number of aromatic amines is 1. The van der Waals surface area contributed by atoms with Crippen molar-refractivity contribution >= 4 is 22.8 Å². The number of carbonyl (C=O) groups is 2. The molecule has 4 rings (SSSR count). The van der Waals surface area contributed by atoms with Gasteiger partial charge in [0, 0.05) is 31.2 Å². The van der Waals surface area contributed by atoms with E-state index in [1.54, 1.807) is 0 Å². The van der Waals surface area contributed by atoms with Crippen molar-refractivity contribution in [1.29, 1.82) is 0 Å². The second-order valence-electron chi connectivity index (χ2n) is 7.53. The number of fused-ring (bicyclic) bond motifs is 1. The topological polar surface area (TPSA) is 73.4 Å². The van der Waals surface area contributed by atoms with Crippen LogP contribution in [0.5, 0.6) is 0 Å². The fourth-order valence-corrected chi connectivity index (χ4v) is 4.19. The molecule has 0 bridgehead atoms. The van der Waals surface area contributed by atoms with Crippen LogP contribution in [0.3, 0.4) is 0 Å². The summed E-state index contributed by atoms with van der Waals surface area (Å²) in [5.41, 5.74) is 2.17. The first-order valence-corrected chi connectivity index (χ1v) is 9.71. The highest BCUT2D eigenvalue weighted by Crippen LogP contribution is 2.36. The summed E-state index contributed by atoms with van der Waals surface area (Å²) in [6.45, 7) is 0.966. The third kappa shape index (κ3) is 3.40. The average Bonchev–Trinajstić information content (AvgIpc) is 3.20. The van der Waals surface area contributed by atoms with Crippen LogP contribution in [0.15, 0.2) is 60.8 Å². The largest absolute Gasteiger partial charge is 0.481 e. The predicted molar refractivity (Wildman–Crippen MR) is 108 cm³/mol. The Kier molecular flexibility index (Phi) is 4.90. The van der Waals surface area contributed by atoms with E-state index in [4.69, 9.17) is 0 Å². The van der Waals surface area contributed by atoms with Gasteiger partial charge in [0.2, 0.25) is 5.91 Å². The van der Waals surface area contributed by atoms with E-state index in [2.05, 4.69) is 11.1 Å². The van der Waals surface area contributed by atoms with Crippen LogP contribution in [0, 0.1) is 0 Å². The van der Waals surface area contributed by atoms with E-state index in [1.807, 2.05) is 59.6 Å². The number of nitrogens with zero attached hydrogens (tertiary/aromatic N) is 1. The fraction of sp³-hybridized carbons (Fsp3) is 0.304. The number of aliphatic carboxylic acids is 1. The number of likely N-dealkylation sites (tertiary alicyclic amines) is 1. The lowest BCUT2D eigenvalue weighted by Crippen LogP contribution is -2.49. The summed E-state index contributed by atoms with van der Waals surface area (Å²) in [6.07, 6.45) is 3.95. The summed E-state index contributed by atoms with van der Waals surface area (Å²) < 4.78 is 0. The third-order valence-electron chi connectivity index (χ3n) is 5.95. The van der Waals surface area contributed by atoms with E-state index in [0.29, 0.717) is 38.8 Å². The van der Waals surface area contributed by atoms with Gasteiger partial charge in [-0.15, -0.1) is 0 Å². The van der Waals surface area contributed by atoms with E-state index in [0.717, 1.165) is 22.0 Å². The van der Waals surface area contributed by atoms with Crippen molar-refractivity contribution in [2.24, 2.45) is 0 Å². The van der Waals surface area contributed by atoms with Gasteiger partial charge < -0.3 is 15.0 Å². The lowest BCUT2D eigenvalue weighted by molar-refractivity contribution is -0.148. The van der Waals surface area contributed by atoms with Crippen molar-refractivity contribution < 1.29 is 14.7 Å². The summed E-state index contributed by atoms with van der Waals surface area (Å²) in [7, 11) is 0. The first-order chi connectivity index (χ1) is 13.6. The highest BCUT2D eigenvalue weighted by molar-refractivity contribution is 5.83. The number of H-pyrrole nitrogens is 1. The number of amides is 1. The molecule has 0 radical (unpaired) electrons. The number of hydrogen-bond acceptors (Lipinski definition) is 2. The van der Waals surface area contributed by atoms with Gasteiger partial charge in [-0.2, -0.15) is 0 Å². The Balaban J connectivity index is 1.38. The maximum Gasteiger partial charge on any atom is 0.314 e. The van der Waals surface area contributed by atoms with Crippen molar-refractivity contribution in [3.05, 3.63) is 71.9 Å². The standard InChI is InChI=1S/C23H24N2O3/c26-21(9-7-17-6-8-20-18(16-17)10-13-24-20)25-14-11-23(12-15-25,22(27)28)19-4-2-1-3-5-19/h1-6,8,10,13,16,24H,7,9,11-12,14-15H2,(H,27,28). The van der Waals surface area contributed by atoms with Crippen molar-refractivity contribution in [1.82, 2.24) is 9.88 Å². The van der Waals surface area contributed by atoms with Crippen LogP contribution in [-0.4, -0.2) is 40.0 Å². The molecule has 0 unspecified atom stereocenters. The number of carboxylic acid groups (broad SMARTS) is 1. The second-order valence-corrected chi connectivity index (χ2v) is 7.53. The molecule has 1 aliphatic heterocycles. The molecule has 1 saturated heterocycles. The van der Waals surface area contributed by atoms with Crippen LogP contribution in [-0.2, 0) is 21.4 Å². The van der Waals surface area contributed by atoms with E-state index in [1.165, 1.54) is 0 Å². The van der Waals surface area contributed by atoms with Crippen LogP contribution >= 0.6 is 0 Å². The van der Waals surface area contributed by atoms with Gasteiger partial charge in [-0.25, -0.2) is 0 Å². The van der Waals surface area contributed by atoms with E-state index in [-0.39, 0.29) is 5.91 Å². The maximum absolute atomic E-state index is 12.7. The first kappa shape index (κ1) is 18.3. The van der Waals surface area contributed by atoms with Gasteiger partial charge in [0.05, 0.1) is 5.41 Å². The Bertz CT molecular complexity index is 985. The number of nitrogens with one attached hydrogen (secondary N) is 1. The van der Waals surface area contributed by atoms with Crippen LogP contribution in [0.2, 0.25) is 0 Å². The van der Waals surface area contributed by atoms with Gasteiger partial charge in [0.25, 0.3) is 0 Å².